The third kappa shape index (κ3) is 6.24. The van der Waals surface area contributed by atoms with Crippen molar-refractivity contribution in [1.29, 1.82) is 0 Å². The molecule has 0 saturated heterocycles. The fourth-order valence-electron chi connectivity index (χ4n) is 1.06. The molecule has 19 heavy (non-hydrogen) atoms. The highest BCUT2D eigenvalue weighted by molar-refractivity contribution is 5.90. The van der Waals surface area contributed by atoms with Crippen LogP contribution in [0.25, 0.3) is 0 Å². The predicted octanol–water partition coefficient (Wildman–Crippen LogP) is -1.13. The number of amides is 3. The molecule has 0 aromatic rings. The van der Waals surface area contributed by atoms with Gasteiger partial charge in [0.1, 0.15) is 11.6 Å². The van der Waals surface area contributed by atoms with Crippen molar-refractivity contribution < 1.29 is 29.4 Å². The fraction of sp³-hybridized carbons (Fsp3) is 0.600. The molecule has 0 fully saturated rings. The minimum Gasteiger partial charge on any atom is -0.481 e. The van der Waals surface area contributed by atoms with Crippen LogP contribution in [0.15, 0.2) is 0 Å². The zero-order valence-electron chi connectivity index (χ0n) is 10.6. The summed E-state index contributed by atoms with van der Waals surface area (Å²) in [6.45, 7) is 2.70. The Morgan fingerprint density at radius 2 is 1.74 bits per heavy atom. The van der Waals surface area contributed by atoms with Gasteiger partial charge in [-0.05, 0) is 20.3 Å². The molecule has 0 aromatic carbocycles. The summed E-state index contributed by atoms with van der Waals surface area (Å²) in [5, 5.41) is 21.5. The molecule has 3 amide bonds. The first kappa shape index (κ1) is 16.7. The minimum atomic E-state index is -1.37. The normalized spacial score (nSPS) is 12.3. The van der Waals surface area contributed by atoms with E-state index in [1.807, 2.05) is 0 Å². The maximum atomic E-state index is 11.5. The molecule has 0 heterocycles. The van der Waals surface area contributed by atoms with Crippen LogP contribution in [0.4, 0.5) is 4.79 Å². The van der Waals surface area contributed by atoms with Gasteiger partial charge in [-0.2, -0.15) is 0 Å². The molecule has 0 saturated carbocycles. The Labute approximate surface area is 109 Å². The number of nitrogens with one attached hydrogen (secondary N) is 2. The van der Waals surface area contributed by atoms with E-state index in [1.165, 1.54) is 13.8 Å². The summed E-state index contributed by atoms with van der Waals surface area (Å²) < 4.78 is 0. The third-order valence-corrected chi connectivity index (χ3v) is 2.29. The molecule has 0 radical (unpaired) electrons. The summed E-state index contributed by atoms with van der Waals surface area (Å²) in [5.41, 5.74) is 3.68. The minimum absolute atomic E-state index is 0.269. The number of nitrogens with two attached hydrogens (primary N) is 1. The van der Waals surface area contributed by atoms with E-state index in [1.54, 1.807) is 0 Å². The molecule has 0 spiro atoms. The predicted molar refractivity (Wildman–Crippen MR) is 63.2 cm³/mol. The standard InChI is InChI=1S/C10H17N3O6/c1-10(2,8(11)18)13-9(19)12-5(7(16)17)3-4-6(14)15/h5H,3-4H2,1-2H3,(H2,11,18)(H,14,15)(H,16,17)(H2,12,13,19). The second kappa shape index (κ2) is 6.57. The molecule has 6 N–H and O–H groups in total. The Bertz CT molecular complexity index is 393. The van der Waals surface area contributed by atoms with Crippen molar-refractivity contribution in [2.24, 2.45) is 5.73 Å². The number of rotatable bonds is 7. The van der Waals surface area contributed by atoms with E-state index in [2.05, 4.69) is 10.6 Å². The van der Waals surface area contributed by atoms with Gasteiger partial charge in [-0.3, -0.25) is 9.59 Å². The molecule has 0 bridgehead atoms. The highest BCUT2D eigenvalue weighted by Gasteiger charge is 2.29. The van der Waals surface area contributed by atoms with E-state index in [0.717, 1.165) is 0 Å². The molecular weight excluding hydrogens is 258 g/mol. The number of hydrogen-bond donors (Lipinski definition) is 5. The van der Waals surface area contributed by atoms with Gasteiger partial charge in [-0.1, -0.05) is 0 Å². The molecule has 0 aliphatic heterocycles. The maximum Gasteiger partial charge on any atom is 0.326 e. The lowest BCUT2D eigenvalue weighted by Crippen LogP contribution is -2.58. The summed E-state index contributed by atoms with van der Waals surface area (Å²) in [6.07, 6.45) is -0.675. The highest BCUT2D eigenvalue weighted by atomic mass is 16.4. The fourth-order valence-corrected chi connectivity index (χ4v) is 1.06. The van der Waals surface area contributed by atoms with E-state index >= 15 is 0 Å². The van der Waals surface area contributed by atoms with Crippen LogP contribution >= 0.6 is 0 Å². The van der Waals surface area contributed by atoms with Crippen LogP contribution in [-0.2, 0) is 14.4 Å². The summed E-state index contributed by atoms with van der Waals surface area (Å²) in [4.78, 5) is 43.6. The molecule has 9 heteroatoms. The van der Waals surface area contributed by atoms with Crippen LogP contribution in [0.3, 0.4) is 0 Å². The van der Waals surface area contributed by atoms with Crippen molar-refractivity contribution in [2.75, 3.05) is 0 Å². The molecule has 108 valence electrons. The largest absolute Gasteiger partial charge is 0.481 e. The zero-order chi connectivity index (χ0) is 15.2. The van der Waals surface area contributed by atoms with Crippen LogP contribution in [-0.4, -0.2) is 45.7 Å². The molecule has 0 aromatic heterocycles. The number of primary amides is 1. The number of carbonyl (C=O) groups excluding carboxylic acids is 2. The quantitative estimate of drug-likeness (QED) is 0.395. The smallest absolute Gasteiger partial charge is 0.326 e. The average molecular weight is 275 g/mol. The Morgan fingerprint density at radius 3 is 2.11 bits per heavy atom. The number of carboxylic acid groups (broad SMARTS) is 2. The van der Waals surface area contributed by atoms with Crippen LogP contribution in [0.2, 0.25) is 0 Å². The monoisotopic (exact) mass is 275 g/mol. The van der Waals surface area contributed by atoms with E-state index in [9.17, 15) is 19.2 Å². The van der Waals surface area contributed by atoms with Crippen molar-refractivity contribution in [3.05, 3.63) is 0 Å². The summed E-state index contributed by atoms with van der Waals surface area (Å²) in [5.74, 6) is -3.33. The third-order valence-electron chi connectivity index (χ3n) is 2.29. The van der Waals surface area contributed by atoms with Crippen molar-refractivity contribution in [2.45, 2.75) is 38.3 Å². The lowest BCUT2D eigenvalue weighted by molar-refractivity contribution is -0.140. The van der Waals surface area contributed by atoms with Crippen LogP contribution in [0.1, 0.15) is 26.7 Å². The first-order valence-electron chi connectivity index (χ1n) is 5.39. The van der Waals surface area contributed by atoms with Gasteiger partial charge in [0.05, 0.1) is 0 Å². The zero-order valence-corrected chi connectivity index (χ0v) is 10.6. The SMILES string of the molecule is CC(C)(NC(=O)NC(CCC(=O)O)C(=O)O)C(N)=O. The number of carboxylic acids is 2. The summed E-state index contributed by atoms with van der Waals surface area (Å²) in [7, 11) is 0. The van der Waals surface area contributed by atoms with E-state index in [-0.39, 0.29) is 6.42 Å². The number of hydrogen-bond acceptors (Lipinski definition) is 4. The second-order valence-electron chi connectivity index (χ2n) is 4.41. The first-order valence-corrected chi connectivity index (χ1v) is 5.39. The molecular formula is C10H17N3O6. The maximum absolute atomic E-state index is 11.5. The first-order chi connectivity index (χ1) is 8.56. The molecule has 0 rings (SSSR count). The summed E-state index contributed by atoms with van der Waals surface area (Å²) >= 11 is 0. The summed E-state index contributed by atoms with van der Waals surface area (Å²) in [6, 6.07) is -2.28. The molecule has 1 atom stereocenters. The average Bonchev–Trinajstić information content (AvgIpc) is 2.22. The van der Waals surface area contributed by atoms with Crippen LogP contribution in [0, 0.1) is 0 Å². The van der Waals surface area contributed by atoms with Gasteiger partial charge in [0.25, 0.3) is 0 Å². The van der Waals surface area contributed by atoms with Gasteiger partial charge in [0, 0.05) is 6.42 Å². The Kier molecular flexibility index (Phi) is 5.77. The molecule has 1 unspecified atom stereocenters. The van der Waals surface area contributed by atoms with E-state index in [0.29, 0.717) is 0 Å². The van der Waals surface area contributed by atoms with Gasteiger partial charge in [0.15, 0.2) is 0 Å². The Hall–Kier alpha value is -2.32. The van der Waals surface area contributed by atoms with Gasteiger partial charge in [-0.15, -0.1) is 0 Å². The van der Waals surface area contributed by atoms with Crippen molar-refractivity contribution >= 4 is 23.9 Å². The lowest BCUT2D eigenvalue weighted by Gasteiger charge is -2.23. The van der Waals surface area contributed by atoms with Gasteiger partial charge in [0.2, 0.25) is 5.91 Å². The highest BCUT2D eigenvalue weighted by Crippen LogP contribution is 2.02. The van der Waals surface area contributed by atoms with E-state index < -0.39 is 41.9 Å². The lowest BCUT2D eigenvalue weighted by atomic mass is 10.1. The van der Waals surface area contributed by atoms with Crippen LogP contribution in [0.5, 0.6) is 0 Å². The van der Waals surface area contributed by atoms with E-state index in [4.69, 9.17) is 15.9 Å². The van der Waals surface area contributed by atoms with Crippen molar-refractivity contribution in [3.63, 3.8) is 0 Å². The molecule has 0 aliphatic carbocycles. The molecule has 9 nitrogen and oxygen atoms in total. The van der Waals surface area contributed by atoms with Gasteiger partial charge in [-0.25, -0.2) is 9.59 Å². The van der Waals surface area contributed by atoms with Gasteiger partial charge < -0.3 is 26.6 Å². The Morgan fingerprint density at radius 1 is 1.21 bits per heavy atom. The Balaban J connectivity index is 4.52. The number of urea groups is 1. The van der Waals surface area contributed by atoms with Crippen molar-refractivity contribution in [1.82, 2.24) is 10.6 Å². The number of carbonyl (C=O) groups is 4. The topological polar surface area (TPSA) is 159 Å². The van der Waals surface area contributed by atoms with Crippen molar-refractivity contribution in [3.8, 4) is 0 Å². The molecule has 0 aliphatic rings. The van der Waals surface area contributed by atoms with Gasteiger partial charge >= 0.3 is 18.0 Å². The number of aliphatic carboxylic acids is 2. The van der Waals surface area contributed by atoms with Crippen LogP contribution < -0.4 is 16.4 Å². The second-order valence-corrected chi connectivity index (χ2v) is 4.41.